The van der Waals surface area contributed by atoms with Crippen molar-refractivity contribution in [3.05, 3.63) is 0 Å². The van der Waals surface area contributed by atoms with Crippen LogP contribution in [0.25, 0.3) is 0 Å². The van der Waals surface area contributed by atoms with Gasteiger partial charge in [-0.1, -0.05) is 6.92 Å². The number of hydrogen-bond acceptors (Lipinski definition) is 2. The van der Waals surface area contributed by atoms with Gasteiger partial charge < -0.3 is 9.64 Å². The lowest BCUT2D eigenvalue weighted by molar-refractivity contribution is -0.0321. The minimum absolute atomic E-state index is 0.184. The summed E-state index contributed by atoms with van der Waals surface area (Å²) in [5.74, 6) is 0. The number of rotatable bonds is 3. The van der Waals surface area contributed by atoms with Crippen LogP contribution >= 0.6 is 0 Å². The molecule has 11 heavy (non-hydrogen) atoms. The third-order valence-corrected chi connectivity index (χ3v) is 2.60. The van der Waals surface area contributed by atoms with E-state index in [1.54, 1.807) is 0 Å². The Morgan fingerprint density at radius 3 is 2.55 bits per heavy atom. The van der Waals surface area contributed by atoms with Crippen LogP contribution in [0.3, 0.4) is 0 Å². The van der Waals surface area contributed by atoms with Gasteiger partial charge in [0.25, 0.3) is 0 Å². The number of likely N-dealkylation sites (tertiary alicyclic amines) is 1. The zero-order chi connectivity index (χ0) is 8.32. The van der Waals surface area contributed by atoms with Gasteiger partial charge in [0.2, 0.25) is 0 Å². The lowest BCUT2D eigenvalue weighted by Crippen LogP contribution is -2.34. The standard InChI is InChI=1S/C9H19NO/c1-4-9(11-5-2)6-7-10(3)8-9/h4-8H2,1-3H3. The third-order valence-electron chi connectivity index (χ3n) is 2.60. The van der Waals surface area contributed by atoms with Gasteiger partial charge in [-0.25, -0.2) is 0 Å². The molecule has 2 heteroatoms. The first-order chi connectivity index (χ1) is 5.22. The van der Waals surface area contributed by atoms with Crippen LogP contribution in [0.1, 0.15) is 26.7 Å². The topological polar surface area (TPSA) is 12.5 Å². The molecule has 0 aromatic rings. The first-order valence-electron chi connectivity index (χ1n) is 4.55. The molecule has 1 aliphatic rings. The Labute approximate surface area is 69.5 Å². The molecular weight excluding hydrogens is 138 g/mol. The number of nitrogens with zero attached hydrogens (tertiary/aromatic N) is 1. The Morgan fingerprint density at radius 1 is 1.45 bits per heavy atom. The summed E-state index contributed by atoms with van der Waals surface area (Å²) in [6, 6.07) is 0. The molecular formula is C9H19NO. The van der Waals surface area contributed by atoms with E-state index in [0.29, 0.717) is 0 Å². The molecule has 1 rings (SSSR count). The summed E-state index contributed by atoms with van der Waals surface area (Å²) < 4.78 is 5.77. The van der Waals surface area contributed by atoms with Crippen molar-refractivity contribution in [3.63, 3.8) is 0 Å². The molecule has 0 amide bonds. The van der Waals surface area contributed by atoms with E-state index in [-0.39, 0.29) is 5.60 Å². The summed E-state index contributed by atoms with van der Waals surface area (Å²) >= 11 is 0. The second-order valence-corrected chi connectivity index (χ2v) is 3.46. The number of hydrogen-bond donors (Lipinski definition) is 0. The summed E-state index contributed by atoms with van der Waals surface area (Å²) in [5, 5.41) is 0. The van der Waals surface area contributed by atoms with Gasteiger partial charge in [0.15, 0.2) is 0 Å². The fraction of sp³-hybridized carbons (Fsp3) is 1.00. The Balaban J connectivity index is 2.48. The SMILES string of the molecule is CCOC1(CC)CCN(C)C1. The van der Waals surface area contributed by atoms with E-state index in [2.05, 4.69) is 25.8 Å². The van der Waals surface area contributed by atoms with E-state index >= 15 is 0 Å². The molecule has 0 bridgehead atoms. The summed E-state index contributed by atoms with van der Waals surface area (Å²) in [6.45, 7) is 7.44. The lowest BCUT2D eigenvalue weighted by Gasteiger charge is -2.27. The first-order valence-corrected chi connectivity index (χ1v) is 4.55. The highest BCUT2D eigenvalue weighted by Crippen LogP contribution is 2.27. The van der Waals surface area contributed by atoms with Gasteiger partial charge in [0.1, 0.15) is 0 Å². The highest BCUT2D eigenvalue weighted by molar-refractivity contribution is 4.89. The normalized spacial score (nSPS) is 33.0. The van der Waals surface area contributed by atoms with E-state index in [4.69, 9.17) is 4.74 Å². The van der Waals surface area contributed by atoms with E-state index < -0.39 is 0 Å². The molecule has 66 valence electrons. The van der Waals surface area contributed by atoms with Gasteiger partial charge in [-0.2, -0.15) is 0 Å². The molecule has 1 heterocycles. The first kappa shape index (κ1) is 9.01. The molecule has 0 radical (unpaired) electrons. The average Bonchev–Trinajstić information content (AvgIpc) is 2.34. The Kier molecular flexibility index (Phi) is 2.90. The van der Waals surface area contributed by atoms with Crippen molar-refractivity contribution in [1.29, 1.82) is 0 Å². The minimum Gasteiger partial charge on any atom is -0.374 e. The van der Waals surface area contributed by atoms with Crippen molar-refractivity contribution >= 4 is 0 Å². The maximum Gasteiger partial charge on any atom is 0.0818 e. The van der Waals surface area contributed by atoms with Crippen molar-refractivity contribution in [3.8, 4) is 0 Å². The van der Waals surface area contributed by atoms with Gasteiger partial charge in [-0.15, -0.1) is 0 Å². The maximum absolute atomic E-state index is 5.77. The van der Waals surface area contributed by atoms with E-state index in [1.807, 2.05) is 0 Å². The van der Waals surface area contributed by atoms with Crippen molar-refractivity contribution in [2.75, 3.05) is 26.7 Å². The van der Waals surface area contributed by atoms with Crippen LogP contribution < -0.4 is 0 Å². The van der Waals surface area contributed by atoms with Gasteiger partial charge in [0.05, 0.1) is 5.60 Å². The van der Waals surface area contributed by atoms with Crippen molar-refractivity contribution in [2.24, 2.45) is 0 Å². The Bertz CT molecular complexity index is 123. The predicted octanol–water partition coefficient (Wildman–Crippen LogP) is 1.51. The molecule has 1 aliphatic heterocycles. The van der Waals surface area contributed by atoms with Crippen molar-refractivity contribution < 1.29 is 4.74 Å². The van der Waals surface area contributed by atoms with Gasteiger partial charge in [-0.05, 0) is 26.8 Å². The molecule has 2 nitrogen and oxygen atoms in total. The summed E-state index contributed by atoms with van der Waals surface area (Å²) in [4.78, 5) is 2.35. The van der Waals surface area contributed by atoms with Crippen LogP contribution in [0.4, 0.5) is 0 Å². The fourth-order valence-electron chi connectivity index (χ4n) is 1.86. The van der Waals surface area contributed by atoms with E-state index in [1.165, 1.54) is 13.0 Å². The summed E-state index contributed by atoms with van der Waals surface area (Å²) in [5.41, 5.74) is 0.184. The highest BCUT2D eigenvalue weighted by Gasteiger charge is 2.35. The second kappa shape index (κ2) is 3.55. The van der Waals surface area contributed by atoms with Crippen molar-refractivity contribution in [1.82, 2.24) is 4.90 Å². The van der Waals surface area contributed by atoms with Crippen LogP contribution in [-0.4, -0.2) is 37.2 Å². The molecule has 1 unspecified atom stereocenters. The quantitative estimate of drug-likeness (QED) is 0.615. The average molecular weight is 157 g/mol. The van der Waals surface area contributed by atoms with E-state index in [0.717, 1.165) is 19.6 Å². The molecule has 0 N–H and O–H groups in total. The van der Waals surface area contributed by atoms with E-state index in [9.17, 15) is 0 Å². The second-order valence-electron chi connectivity index (χ2n) is 3.46. The molecule has 0 aromatic heterocycles. The lowest BCUT2D eigenvalue weighted by atomic mass is 10.00. The molecule has 1 atom stereocenters. The fourth-order valence-corrected chi connectivity index (χ4v) is 1.86. The number of likely N-dealkylation sites (N-methyl/N-ethyl adjacent to an activating group) is 1. The van der Waals surface area contributed by atoms with Crippen LogP contribution in [-0.2, 0) is 4.74 Å². The molecule has 0 aliphatic carbocycles. The smallest absolute Gasteiger partial charge is 0.0818 e. The molecule has 0 aromatic carbocycles. The Hall–Kier alpha value is -0.0800. The summed E-state index contributed by atoms with van der Waals surface area (Å²) in [6.07, 6.45) is 2.35. The van der Waals surface area contributed by atoms with Crippen LogP contribution in [0.5, 0.6) is 0 Å². The van der Waals surface area contributed by atoms with Crippen molar-refractivity contribution in [2.45, 2.75) is 32.3 Å². The molecule has 0 spiro atoms. The monoisotopic (exact) mass is 157 g/mol. The molecule has 0 saturated carbocycles. The zero-order valence-electron chi connectivity index (χ0n) is 7.89. The van der Waals surface area contributed by atoms with Crippen LogP contribution in [0.2, 0.25) is 0 Å². The highest BCUT2D eigenvalue weighted by atomic mass is 16.5. The summed E-state index contributed by atoms with van der Waals surface area (Å²) in [7, 11) is 2.16. The van der Waals surface area contributed by atoms with Gasteiger partial charge >= 0.3 is 0 Å². The van der Waals surface area contributed by atoms with Gasteiger partial charge in [0, 0.05) is 19.7 Å². The molecule has 1 saturated heterocycles. The van der Waals surface area contributed by atoms with Crippen LogP contribution in [0.15, 0.2) is 0 Å². The maximum atomic E-state index is 5.77. The largest absolute Gasteiger partial charge is 0.374 e. The van der Waals surface area contributed by atoms with Gasteiger partial charge in [-0.3, -0.25) is 0 Å². The van der Waals surface area contributed by atoms with Crippen LogP contribution in [0, 0.1) is 0 Å². The number of ether oxygens (including phenoxy) is 1. The zero-order valence-corrected chi connectivity index (χ0v) is 7.89. The predicted molar refractivity (Wildman–Crippen MR) is 46.8 cm³/mol. The minimum atomic E-state index is 0.184. The molecule has 1 fully saturated rings. The third kappa shape index (κ3) is 1.94. The Morgan fingerprint density at radius 2 is 2.18 bits per heavy atom.